The molecule has 1 atom stereocenters. The second-order valence-corrected chi connectivity index (χ2v) is 5.67. The topological polar surface area (TPSA) is 98.5 Å². The molecule has 6 nitrogen and oxygen atoms in total. The number of likely N-dealkylation sites (N-methyl/N-ethyl adjacent to an activating group) is 1. The Kier molecular flexibility index (Phi) is 4.06. The highest BCUT2D eigenvalue weighted by Crippen LogP contribution is 2.17. The van der Waals surface area contributed by atoms with Crippen molar-refractivity contribution in [1.29, 1.82) is 5.26 Å². The van der Waals surface area contributed by atoms with Crippen LogP contribution >= 0.6 is 0 Å². The molecule has 1 N–H and O–H groups in total. The van der Waals surface area contributed by atoms with Crippen molar-refractivity contribution >= 4 is 16.0 Å². The quantitative estimate of drug-likeness (QED) is 0.864. The second kappa shape index (κ2) is 5.16. The maximum Gasteiger partial charge on any atom is 0.321 e. The van der Waals surface area contributed by atoms with E-state index in [1.54, 1.807) is 0 Å². The summed E-state index contributed by atoms with van der Waals surface area (Å²) in [4.78, 5) is 10.7. The van der Waals surface area contributed by atoms with Crippen LogP contribution in [0.1, 0.15) is 12.5 Å². The summed E-state index contributed by atoms with van der Waals surface area (Å²) in [5, 5.41) is 17.4. The number of aliphatic carboxylic acids is 1. The number of nitrogens with zero attached hydrogens (tertiary/aromatic N) is 2. The van der Waals surface area contributed by atoms with E-state index >= 15 is 0 Å². The Balaban J connectivity index is 3.13. The van der Waals surface area contributed by atoms with Gasteiger partial charge in [0.15, 0.2) is 0 Å². The molecule has 1 rings (SSSR count). The van der Waals surface area contributed by atoms with E-state index in [0.717, 1.165) is 4.31 Å². The molecule has 0 aliphatic carbocycles. The maximum atomic E-state index is 12.1. The number of rotatable bonds is 4. The zero-order chi connectivity index (χ0) is 13.9. The fourth-order valence-corrected chi connectivity index (χ4v) is 2.55. The van der Waals surface area contributed by atoms with Crippen molar-refractivity contribution in [3.8, 4) is 6.07 Å². The van der Waals surface area contributed by atoms with E-state index in [2.05, 4.69) is 0 Å². The lowest BCUT2D eigenvalue weighted by Gasteiger charge is -2.20. The van der Waals surface area contributed by atoms with Gasteiger partial charge in [0.2, 0.25) is 10.0 Å². The van der Waals surface area contributed by atoms with Gasteiger partial charge in [0.25, 0.3) is 0 Å². The lowest BCUT2D eigenvalue weighted by Crippen LogP contribution is -2.40. The lowest BCUT2D eigenvalue weighted by atomic mass is 10.2. The van der Waals surface area contributed by atoms with Gasteiger partial charge in [-0.05, 0) is 31.2 Å². The molecule has 1 aromatic carbocycles. The van der Waals surface area contributed by atoms with E-state index < -0.39 is 22.0 Å². The number of benzene rings is 1. The Morgan fingerprint density at radius 2 is 1.89 bits per heavy atom. The highest BCUT2D eigenvalue weighted by molar-refractivity contribution is 7.89. The lowest BCUT2D eigenvalue weighted by molar-refractivity contribution is -0.140. The third-order valence-electron chi connectivity index (χ3n) is 2.56. The molecule has 18 heavy (non-hydrogen) atoms. The zero-order valence-electron chi connectivity index (χ0n) is 9.86. The van der Waals surface area contributed by atoms with Crippen molar-refractivity contribution < 1.29 is 18.3 Å². The summed E-state index contributed by atoms with van der Waals surface area (Å²) in [5.41, 5.74) is 0.336. The molecule has 0 heterocycles. The third-order valence-corrected chi connectivity index (χ3v) is 4.51. The molecular formula is C11H12N2O4S. The van der Waals surface area contributed by atoms with Gasteiger partial charge >= 0.3 is 5.97 Å². The number of hydrogen-bond acceptors (Lipinski definition) is 4. The van der Waals surface area contributed by atoms with E-state index in [0.29, 0.717) is 5.56 Å². The third kappa shape index (κ3) is 2.67. The molecule has 0 bridgehead atoms. The molecular weight excluding hydrogens is 256 g/mol. The van der Waals surface area contributed by atoms with Gasteiger partial charge in [-0.25, -0.2) is 8.42 Å². The van der Waals surface area contributed by atoms with Crippen molar-refractivity contribution in [1.82, 2.24) is 4.31 Å². The van der Waals surface area contributed by atoms with E-state index in [4.69, 9.17) is 10.4 Å². The summed E-state index contributed by atoms with van der Waals surface area (Å²) >= 11 is 0. The Bertz CT molecular complexity index is 586. The summed E-state index contributed by atoms with van der Waals surface area (Å²) < 4.78 is 24.9. The molecule has 0 radical (unpaired) electrons. The number of carboxylic acids is 1. The van der Waals surface area contributed by atoms with Crippen LogP contribution in [0.3, 0.4) is 0 Å². The summed E-state index contributed by atoms with van der Waals surface area (Å²) in [6, 6.07) is 6.00. The van der Waals surface area contributed by atoms with Gasteiger partial charge in [0.05, 0.1) is 16.5 Å². The fraction of sp³-hybridized carbons (Fsp3) is 0.273. The molecule has 7 heteroatoms. The van der Waals surface area contributed by atoms with Gasteiger partial charge in [-0.15, -0.1) is 0 Å². The average Bonchev–Trinajstić information content (AvgIpc) is 2.36. The Morgan fingerprint density at radius 1 is 1.39 bits per heavy atom. The number of carboxylic acid groups (broad SMARTS) is 1. The molecule has 1 unspecified atom stereocenters. The van der Waals surface area contributed by atoms with Crippen molar-refractivity contribution in [2.45, 2.75) is 17.9 Å². The predicted octanol–water partition coefficient (Wildman–Crippen LogP) is 0.652. The van der Waals surface area contributed by atoms with Crippen molar-refractivity contribution in [3.05, 3.63) is 29.8 Å². The molecule has 0 spiro atoms. The van der Waals surface area contributed by atoms with Gasteiger partial charge in [0, 0.05) is 7.05 Å². The summed E-state index contributed by atoms with van der Waals surface area (Å²) in [6.07, 6.45) is 0. The molecule has 0 saturated heterocycles. The molecule has 0 amide bonds. The number of carbonyl (C=O) groups is 1. The van der Waals surface area contributed by atoms with Crippen molar-refractivity contribution in [3.63, 3.8) is 0 Å². The van der Waals surface area contributed by atoms with Crippen LogP contribution in [0.2, 0.25) is 0 Å². The molecule has 0 saturated carbocycles. The summed E-state index contributed by atoms with van der Waals surface area (Å²) in [7, 11) is -2.66. The van der Waals surface area contributed by atoms with E-state index in [9.17, 15) is 13.2 Å². The van der Waals surface area contributed by atoms with Crippen LogP contribution < -0.4 is 0 Å². The average molecular weight is 268 g/mol. The normalized spacial score (nSPS) is 13.0. The van der Waals surface area contributed by atoms with Crippen LogP contribution in [0.5, 0.6) is 0 Å². The standard InChI is InChI=1S/C11H12N2O4S/c1-8(11(14)15)13(2)18(16,17)10-5-3-9(7-12)4-6-10/h3-6,8H,1-2H3,(H,14,15). The first kappa shape index (κ1) is 14.2. The van der Waals surface area contributed by atoms with Gasteiger partial charge in [-0.2, -0.15) is 9.57 Å². The van der Waals surface area contributed by atoms with Crippen LogP contribution in [-0.4, -0.2) is 36.9 Å². The maximum absolute atomic E-state index is 12.1. The largest absolute Gasteiger partial charge is 0.480 e. The number of sulfonamides is 1. The predicted molar refractivity (Wildman–Crippen MR) is 63.2 cm³/mol. The highest BCUT2D eigenvalue weighted by Gasteiger charge is 2.29. The highest BCUT2D eigenvalue weighted by atomic mass is 32.2. The van der Waals surface area contributed by atoms with Crippen molar-refractivity contribution in [2.24, 2.45) is 0 Å². The SMILES string of the molecule is CC(C(=O)O)N(C)S(=O)(=O)c1ccc(C#N)cc1. The number of hydrogen-bond donors (Lipinski definition) is 1. The zero-order valence-corrected chi connectivity index (χ0v) is 10.7. The fourth-order valence-electron chi connectivity index (χ4n) is 1.23. The second-order valence-electron chi connectivity index (χ2n) is 3.67. The van der Waals surface area contributed by atoms with E-state index in [1.165, 1.54) is 38.2 Å². The summed E-state index contributed by atoms with van der Waals surface area (Å²) in [5.74, 6) is -1.23. The minimum absolute atomic E-state index is 0.0444. The van der Waals surface area contributed by atoms with E-state index in [-0.39, 0.29) is 4.90 Å². The van der Waals surface area contributed by atoms with Gasteiger partial charge in [-0.1, -0.05) is 0 Å². The first-order chi connectivity index (χ1) is 8.30. The van der Waals surface area contributed by atoms with Crippen LogP contribution in [0.25, 0.3) is 0 Å². The first-order valence-electron chi connectivity index (χ1n) is 5.01. The summed E-state index contributed by atoms with van der Waals surface area (Å²) in [6.45, 7) is 1.28. The smallest absolute Gasteiger partial charge is 0.321 e. The van der Waals surface area contributed by atoms with Crippen LogP contribution in [0.15, 0.2) is 29.2 Å². The molecule has 0 aliphatic rings. The molecule has 96 valence electrons. The van der Waals surface area contributed by atoms with Gasteiger partial charge in [0.1, 0.15) is 6.04 Å². The molecule has 0 fully saturated rings. The number of nitriles is 1. The molecule has 1 aromatic rings. The van der Waals surface area contributed by atoms with Gasteiger partial charge in [-0.3, -0.25) is 4.79 Å². The van der Waals surface area contributed by atoms with Crippen LogP contribution in [0, 0.1) is 11.3 Å². The minimum Gasteiger partial charge on any atom is -0.480 e. The van der Waals surface area contributed by atoms with Crippen molar-refractivity contribution in [2.75, 3.05) is 7.05 Å². The van der Waals surface area contributed by atoms with Gasteiger partial charge < -0.3 is 5.11 Å². The van der Waals surface area contributed by atoms with Crippen LogP contribution in [-0.2, 0) is 14.8 Å². The molecule has 0 aromatic heterocycles. The molecule has 0 aliphatic heterocycles. The minimum atomic E-state index is -3.87. The Hall–Kier alpha value is -1.91. The monoisotopic (exact) mass is 268 g/mol. The Labute approximate surface area is 105 Å². The van der Waals surface area contributed by atoms with E-state index in [1.807, 2.05) is 6.07 Å². The Morgan fingerprint density at radius 3 is 2.28 bits per heavy atom. The first-order valence-corrected chi connectivity index (χ1v) is 6.45. The van der Waals surface area contributed by atoms with Crippen LogP contribution in [0.4, 0.5) is 0 Å².